The van der Waals surface area contributed by atoms with Crippen LogP contribution < -0.4 is 4.74 Å². The van der Waals surface area contributed by atoms with E-state index in [-0.39, 0.29) is 0 Å². The molecule has 1 aromatic carbocycles. The summed E-state index contributed by atoms with van der Waals surface area (Å²) in [5.74, 6) is 3.10. The zero-order chi connectivity index (χ0) is 17.5. The van der Waals surface area contributed by atoms with Crippen molar-refractivity contribution >= 4 is 11.8 Å². The van der Waals surface area contributed by atoms with E-state index in [1.165, 1.54) is 5.56 Å². The van der Waals surface area contributed by atoms with Crippen molar-refractivity contribution in [2.45, 2.75) is 25.0 Å². The molecule has 0 aliphatic carbocycles. The predicted octanol–water partition coefficient (Wildman–Crippen LogP) is 4.46. The van der Waals surface area contributed by atoms with Gasteiger partial charge >= 0.3 is 0 Å². The lowest BCUT2D eigenvalue weighted by Crippen LogP contribution is -2.04. The molecule has 3 rings (SSSR count). The zero-order valence-corrected chi connectivity index (χ0v) is 15.0. The second-order valence-corrected chi connectivity index (χ2v) is 6.44. The number of allylic oxidation sites excluding steroid dienone is 1. The highest BCUT2D eigenvalue weighted by Gasteiger charge is 2.15. The fourth-order valence-electron chi connectivity index (χ4n) is 2.42. The third-order valence-electron chi connectivity index (χ3n) is 3.66. The minimum Gasteiger partial charge on any atom is -0.493 e. The van der Waals surface area contributed by atoms with Crippen LogP contribution in [0.3, 0.4) is 0 Å². The van der Waals surface area contributed by atoms with Gasteiger partial charge in [0, 0.05) is 12.3 Å². The quantitative estimate of drug-likeness (QED) is 0.322. The van der Waals surface area contributed by atoms with Crippen molar-refractivity contribution in [3.8, 4) is 17.3 Å². The minimum absolute atomic E-state index is 0.606. The van der Waals surface area contributed by atoms with Crippen LogP contribution in [-0.2, 0) is 13.0 Å². The molecule has 0 bridgehead atoms. The summed E-state index contributed by atoms with van der Waals surface area (Å²) in [4.78, 5) is 0. The van der Waals surface area contributed by atoms with E-state index in [1.54, 1.807) is 18.0 Å². The number of benzene rings is 1. The summed E-state index contributed by atoms with van der Waals surface area (Å²) in [7, 11) is 0. The summed E-state index contributed by atoms with van der Waals surface area (Å²) in [6.07, 6.45) is 4.46. The Morgan fingerprint density at radius 1 is 1.28 bits per heavy atom. The Labute approximate surface area is 151 Å². The number of ether oxygens (including phenoxy) is 1. The molecule has 0 spiro atoms. The van der Waals surface area contributed by atoms with E-state index in [9.17, 15) is 0 Å². The third-order valence-corrected chi connectivity index (χ3v) is 4.59. The van der Waals surface area contributed by atoms with Crippen molar-refractivity contribution < 1.29 is 9.15 Å². The molecule has 0 radical (unpaired) electrons. The molecule has 0 amide bonds. The van der Waals surface area contributed by atoms with E-state index in [0.717, 1.165) is 23.1 Å². The molecule has 0 saturated carbocycles. The van der Waals surface area contributed by atoms with Gasteiger partial charge in [0.15, 0.2) is 10.9 Å². The molecule has 0 atom stereocenters. The summed E-state index contributed by atoms with van der Waals surface area (Å²) < 4.78 is 13.3. The summed E-state index contributed by atoms with van der Waals surface area (Å²) in [5.41, 5.74) is 1.28. The number of thioether (sulfide) groups is 1. The smallest absolute Gasteiger partial charge is 0.200 e. The van der Waals surface area contributed by atoms with E-state index in [1.807, 2.05) is 34.9 Å². The summed E-state index contributed by atoms with van der Waals surface area (Å²) in [6, 6.07) is 11.9. The topological polar surface area (TPSA) is 53.1 Å². The van der Waals surface area contributed by atoms with Crippen LogP contribution in [0, 0.1) is 0 Å². The first kappa shape index (κ1) is 17.4. The lowest BCUT2D eigenvalue weighted by atomic mass is 10.2. The molecule has 5 nitrogen and oxygen atoms in total. The summed E-state index contributed by atoms with van der Waals surface area (Å²) in [6.45, 7) is 7.18. The maximum atomic E-state index is 5.83. The number of hydrogen-bond acceptors (Lipinski definition) is 5. The molecule has 0 aliphatic rings. The van der Waals surface area contributed by atoms with Crippen molar-refractivity contribution in [1.29, 1.82) is 0 Å². The van der Waals surface area contributed by atoms with E-state index >= 15 is 0 Å². The summed E-state index contributed by atoms with van der Waals surface area (Å²) >= 11 is 1.61. The van der Waals surface area contributed by atoms with E-state index in [2.05, 4.69) is 35.8 Å². The highest BCUT2D eigenvalue weighted by Crippen LogP contribution is 2.24. The molecule has 0 saturated heterocycles. The highest BCUT2D eigenvalue weighted by atomic mass is 32.2. The van der Waals surface area contributed by atoms with Gasteiger partial charge in [-0.25, -0.2) is 0 Å². The average Bonchev–Trinajstić information content (AvgIpc) is 3.29. The molecule has 2 heterocycles. The zero-order valence-electron chi connectivity index (χ0n) is 14.2. The number of furan rings is 1. The SMILES string of the molecule is C=CCn1c(SCCOc2cccc(CC)c2)nnc1-c1ccco1. The molecular weight excluding hydrogens is 334 g/mol. The first-order valence-electron chi connectivity index (χ1n) is 8.24. The van der Waals surface area contributed by atoms with Crippen molar-refractivity contribution in [2.24, 2.45) is 0 Å². The number of hydrogen-bond donors (Lipinski definition) is 0. The van der Waals surface area contributed by atoms with E-state index in [0.29, 0.717) is 24.7 Å². The lowest BCUT2D eigenvalue weighted by molar-refractivity contribution is 0.343. The molecule has 3 aromatic rings. The van der Waals surface area contributed by atoms with Gasteiger partial charge in [-0.05, 0) is 36.2 Å². The van der Waals surface area contributed by atoms with Crippen LogP contribution in [0.5, 0.6) is 5.75 Å². The van der Waals surface area contributed by atoms with Crippen LogP contribution in [-0.4, -0.2) is 27.1 Å². The van der Waals surface area contributed by atoms with Crippen molar-refractivity contribution in [1.82, 2.24) is 14.8 Å². The minimum atomic E-state index is 0.606. The second kappa shape index (κ2) is 8.58. The number of nitrogens with zero attached hydrogens (tertiary/aromatic N) is 3. The Morgan fingerprint density at radius 3 is 2.96 bits per heavy atom. The molecule has 0 N–H and O–H groups in total. The molecule has 25 heavy (non-hydrogen) atoms. The Balaban J connectivity index is 1.60. The molecule has 130 valence electrons. The van der Waals surface area contributed by atoms with Crippen LogP contribution in [0.15, 0.2) is 64.9 Å². The average molecular weight is 355 g/mol. The predicted molar refractivity (Wildman–Crippen MR) is 100.0 cm³/mol. The van der Waals surface area contributed by atoms with Crippen LogP contribution >= 0.6 is 11.8 Å². The van der Waals surface area contributed by atoms with Crippen molar-refractivity contribution in [2.75, 3.05) is 12.4 Å². The largest absolute Gasteiger partial charge is 0.493 e. The van der Waals surface area contributed by atoms with Gasteiger partial charge in [0.25, 0.3) is 0 Å². The van der Waals surface area contributed by atoms with Gasteiger partial charge in [-0.15, -0.1) is 16.8 Å². The second-order valence-electron chi connectivity index (χ2n) is 5.38. The van der Waals surface area contributed by atoms with E-state index in [4.69, 9.17) is 9.15 Å². The lowest BCUT2D eigenvalue weighted by Gasteiger charge is -2.08. The number of aromatic nitrogens is 3. The fourth-order valence-corrected chi connectivity index (χ4v) is 3.19. The standard InChI is InChI=1S/C19H21N3O2S/c1-3-10-22-18(17-9-6-11-24-17)20-21-19(22)25-13-12-23-16-8-5-7-15(4-2)14-16/h3,5-9,11,14H,1,4,10,12-13H2,2H3. The Morgan fingerprint density at radius 2 is 2.20 bits per heavy atom. The molecule has 0 aliphatic heterocycles. The van der Waals surface area contributed by atoms with Crippen molar-refractivity contribution in [3.05, 3.63) is 60.9 Å². The Kier molecular flexibility index (Phi) is 5.95. The van der Waals surface area contributed by atoms with Crippen molar-refractivity contribution in [3.63, 3.8) is 0 Å². The van der Waals surface area contributed by atoms with Gasteiger partial charge in [0.05, 0.1) is 12.9 Å². The highest BCUT2D eigenvalue weighted by molar-refractivity contribution is 7.99. The van der Waals surface area contributed by atoms with Gasteiger partial charge in [-0.1, -0.05) is 36.9 Å². The monoisotopic (exact) mass is 355 g/mol. The maximum Gasteiger partial charge on any atom is 0.200 e. The van der Waals surface area contributed by atoms with E-state index < -0.39 is 0 Å². The van der Waals surface area contributed by atoms with Crippen LogP contribution in [0.25, 0.3) is 11.6 Å². The van der Waals surface area contributed by atoms with Gasteiger partial charge < -0.3 is 9.15 Å². The number of rotatable bonds is 9. The maximum absolute atomic E-state index is 5.83. The van der Waals surface area contributed by atoms with Gasteiger partial charge in [-0.3, -0.25) is 4.57 Å². The van der Waals surface area contributed by atoms with Gasteiger partial charge in [-0.2, -0.15) is 0 Å². The fraction of sp³-hybridized carbons (Fsp3) is 0.263. The van der Waals surface area contributed by atoms with Crippen LogP contribution in [0.4, 0.5) is 0 Å². The van der Waals surface area contributed by atoms with Crippen LogP contribution in [0.1, 0.15) is 12.5 Å². The van der Waals surface area contributed by atoms with Crippen LogP contribution in [0.2, 0.25) is 0 Å². The summed E-state index contributed by atoms with van der Waals surface area (Å²) in [5, 5.41) is 9.35. The molecule has 2 aromatic heterocycles. The molecule has 0 fully saturated rings. The first-order chi connectivity index (χ1) is 12.3. The Hall–Kier alpha value is -2.47. The molecule has 0 unspecified atom stereocenters. The third kappa shape index (κ3) is 4.33. The Bertz CT molecular complexity index is 812. The number of aryl methyl sites for hydroxylation is 1. The molecular formula is C19H21N3O2S. The normalized spacial score (nSPS) is 10.8. The van der Waals surface area contributed by atoms with Gasteiger partial charge in [0.1, 0.15) is 5.75 Å². The molecule has 6 heteroatoms. The first-order valence-corrected chi connectivity index (χ1v) is 9.23. The van der Waals surface area contributed by atoms with Gasteiger partial charge in [0.2, 0.25) is 5.82 Å².